The first-order chi connectivity index (χ1) is 16.0. The summed E-state index contributed by atoms with van der Waals surface area (Å²) in [4.78, 5) is 28.6. The van der Waals surface area contributed by atoms with Gasteiger partial charge in [-0.2, -0.15) is 0 Å². The van der Waals surface area contributed by atoms with Crippen LogP contribution >= 0.6 is 23.2 Å². The van der Waals surface area contributed by atoms with Crippen LogP contribution in [0.1, 0.15) is 30.1 Å². The van der Waals surface area contributed by atoms with Crippen LogP contribution in [0.4, 0.5) is 5.69 Å². The molecule has 5 rings (SSSR count). The van der Waals surface area contributed by atoms with Gasteiger partial charge in [0, 0.05) is 12.2 Å². The lowest BCUT2D eigenvalue weighted by molar-refractivity contribution is -0.134. The van der Waals surface area contributed by atoms with Crippen molar-refractivity contribution in [2.75, 3.05) is 18.6 Å². The summed E-state index contributed by atoms with van der Waals surface area (Å²) < 4.78 is 7.42. The maximum absolute atomic E-state index is 13.9. The molecule has 0 saturated heterocycles. The van der Waals surface area contributed by atoms with Crippen LogP contribution in [-0.2, 0) is 9.59 Å². The molecule has 1 aliphatic carbocycles. The molecule has 1 atom stereocenters. The van der Waals surface area contributed by atoms with Gasteiger partial charge in [-0.05, 0) is 54.8 Å². The lowest BCUT2D eigenvalue weighted by atomic mass is 9.97. The highest BCUT2D eigenvalue weighted by molar-refractivity contribution is 6.53. The average molecular weight is 484 g/mol. The topological polar surface area (TPSA) is 54.8 Å². The summed E-state index contributed by atoms with van der Waals surface area (Å²) >= 11 is 11.8. The van der Waals surface area contributed by atoms with Crippen LogP contribution in [-0.4, -0.2) is 45.8 Å². The van der Waals surface area contributed by atoms with E-state index >= 15 is 0 Å². The molecule has 1 unspecified atom stereocenters. The van der Waals surface area contributed by atoms with Crippen molar-refractivity contribution in [1.29, 1.82) is 0 Å². The molecule has 1 aliphatic heterocycles. The van der Waals surface area contributed by atoms with Crippen molar-refractivity contribution in [3.63, 3.8) is 0 Å². The second-order valence-electron chi connectivity index (χ2n) is 8.23. The van der Waals surface area contributed by atoms with Crippen molar-refractivity contribution in [3.05, 3.63) is 78.1 Å². The van der Waals surface area contributed by atoms with Crippen molar-refractivity contribution >= 4 is 40.7 Å². The molecular weight excluding hydrogens is 461 g/mol. The quantitative estimate of drug-likeness (QED) is 0.476. The molecule has 6 nitrogen and oxygen atoms in total. The van der Waals surface area contributed by atoms with E-state index in [1.165, 1.54) is 4.90 Å². The monoisotopic (exact) mass is 483 g/mol. The van der Waals surface area contributed by atoms with Crippen molar-refractivity contribution in [2.24, 2.45) is 0 Å². The Bertz CT molecular complexity index is 1190. The molecular formula is C25H23Cl2N3O3. The van der Waals surface area contributed by atoms with Crippen molar-refractivity contribution in [3.8, 4) is 11.4 Å². The number of fused-ring (bicyclic) bond motifs is 3. The number of benzene rings is 2. The van der Waals surface area contributed by atoms with E-state index in [2.05, 4.69) is 4.57 Å². The van der Waals surface area contributed by atoms with E-state index in [-0.39, 0.29) is 24.5 Å². The minimum absolute atomic E-state index is 0.00443. The summed E-state index contributed by atoms with van der Waals surface area (Å²) in [5, 5.41) is 0. The molecule has 0 spiro atoms. The van der Waals surface area contributed by atoms with E-state index in [9.17, 15) is 9.59 Å². The van der Waals surface area contributed by atoms with E-state index in [4.69, 9.17) is 27.9 Å². The van der Waals surface area contributed by atoms with Gasteiger partial charge in [0.2, 0.25) is 5.91 Å². The highest BCUT2D eigenvalue weighted by Crippen LogP contribution is 2.43. The number of carbonyl (C=O) groups is 2. The Labute approximate surface area is 202 Å². The van der Waals surface area contributed by atoms with Gasteiger partial charge in [0.1, 0.15) is 18.3 Å². The molecule has 8 heteroatoms. The zero-order valence-corrected chi connectivity index (χ0v) is 19.5. The van der Waals surface area contributed by atoms with Crippen LogP contribution in [0.5, 0.6) is 5.75 Å². The highest BCUT2D eigenvalue weighted by atomic mass is 35.5. The molecule has 1 saturated carbocycles. The number of rotatable bonds is 6. The third-order valence-electron chi connectivity index (χ3n) is 6.18. The Hall–Kier alpha value is -2.96. The molecule has 2 aromatic carbocycles. The third kappa shape index (κ3) is 3.98. The molecule has 33 heavy (non-hydrogen) atoms. The van der Waals surface area contributed by atoms with Crippen LogP contribution in [0, 0.1) is 0 Å². The zero-order valence-electron chi connectivity index (χ0n) is 18.0. The summed E-state index contributed by atoms with van der Waals surface area (Å²) in [5.41, 5.74) is 3.59. The van der Waals surface area contributed by atoms with Gasteiger partial charge in [-0.1, -0.05) is 47.5 Å². The number of nitrogens with zero attached hydrogens (tertiary/aromatic N) is 3. The molecule has 1 fully saturated rings. The number of carbonyl (C=O) groups excluding carboxylic acids is 2. The molecule has 2 aliphatic rings. The SMILES string of the molecule is COc1ccc(C2c3cccn3-c3ccccc3N2C(=O)CN(C(=O)C(Cl)Cl)C2CC2)cc1. The number of hydrogen-bond donors (Lipinski definition) is 0. The Morgan fingerprint density at radius 3 is 2.36 bits per heavy atom. The van der Waals surface area contributed by atoms with Gasteiger partial charge in [0.25, 0.3) is 5.91 Å². The van der Waals surface area contributed by atoms with Gasteiger partial charge >= 0.3 is 0 Å². The van der Waals surface area contributed by atoms with Crippen LogP contribution in [0.15, 0.2) is 66.9 Å². The number of methoxy groups -OCH3 is 1. The third-order valence-corrected chi connectivity index (χ3v) is 6.56. The van der Waals surface area contributed by atoms with Crippen LogP contribution in [0.3, 0.4) is 0 Å². The Balaban J connectivity index is 1.59. The van der Waals surface area contributed by atoms with E-state index in [1.54, 1.807) is 12.0 Å². The lowest BCUT2D eigenvalue weighted by Crippen LogP contribution is -2.48. The van der Waals surface area contributed by atoms with Crippen molar-refractivity contribution in [2.45, 2.75) is 29.8 Å². The highest BCUT2D eigenvalue weighted by Gasteiger charge is 2.40. The summed E-state index contributed by atoms with van der Waals surface area (Å²) in [6.45, 7) is -0.0822. The first kappa shape index (κ1) is 21.9. The summed E-state index contributed by atoms with van der Waals surface area (Å²) in [6, 6.07) is 19.1. The van der Waals surface area contributed by atoms with Gasteiger partial charge in [-0.15, -0.1) is 0 Å². The number of para-hydroxylation sites is 2. The summed E-state index contributed by atoms with van der Waals surface area (Å²) in [5.74, 6) is 0.123. The predicted molar refractivity (Wildman–Crippen MR) is 128 cm³/mol. The van der Waals surface area contributed by atoms with Gasteiger partial charge in [-0.3, -0.25) is 14.5 Å². The molecule has 2 amide bonds. The first-order valence-electron chi connectivity index (χ1n) is 10.8. The smallest absolute Gasteiger partial charge is 0.256 e. The molecule has 0 N–H and O–H groups in total. The largest absolute Gasteiger partial charge is 0.497 e. The molecule has 0 radical (unpaired) electrons. The fourth-order valence-corrected chi connectivity index (χ4v) is 4.73. The second kappa shape index (κ2) is 8.76. The van der Waals surface area contributed by atoms with Gasteiger partial charge in [0.05, 0.1) is 24.2 Å². The zero-order chi connectivity index (χ0) is 23.1. The first-order valence-corrected chi connectivity index (χ1v) is 11.7. The minimum atomic E-state index is -1.19. The number of aromatic nitrogens is 1. The normalized spacial score (nSPS) is 16.8. The average Bonchev–Trinajstić information content (AvgIpc) is 3.56. The number of amides is 2. The molecule has 0 bridgehead atoms. The van der Waals surface area contributed by atoms with E-state index < -0.39 is 10.7 Å². The Morgan fingerprint density at radius 2 is 1.73 bits per heavy atom. The summed E-state index contributed by atoms with van der Waals surface area (Å²) in [7, 11) is 1.62. The molecule has 1 aromatic heterocycles. The molecule has 3 aromatic rings. The van der Waals surface area contributed by atoms with Crippen molar-refractivity contribution in [1.82, 2.24) is 9.47 Å². The Morgan fingerprint density at radius 1 is 1.03 bits per heavy atom. The van der Waals surface area contributed by atoms with Crippen LogP contribution in [0.2, 0.25) is 0 Å². The van der Waals surface area contributed by atoms with E-state index in [1.807, 2.05) is 66.9 Å². The molecule has 2 heterocycles. The van der Waals surface area contributed by atoms with Crippen LogP contribution < -0.4 is 9.64 Å². The van der Waals surface area contributed by atoms with E-state index in [0.717, 1.165) is 41.2 Å². The van der Waals surface area contributed by atoms with Crippen molar-refractivity contribution < 1.29 is 14.3 Å². The summed E-state index contributed by atoms with van der Waals surface area (Å²) in [6.07, 6.45) is 3.69. The maximum Gasteiger partial charge on any atom is 0.256 e. The van der Waals surface area contributed by atoms with E-state index in [0.29, 0.717) is 0 Å². The van der Waals surface area contributed by atoms with Gasteiger partial charge < -0.3 is 14.2 Å². The fraction of sp³-hybridized carbons (Fsp3) is 0.280. The number of halogens is 2. The fourth-order valence-electron chi connectivity index (χ4n) is 4.48. The lowest BCUT2D eigenvalue weighted by Gasteiger charge is -2.39. The number of hydrogen-bond acceptors (Lipinski definition) is 3. The minimum Gasteiger partial charge on any atom is -0.497 e. The standard InChI is InChI=1S/C25H23Cl2N3O3/c1-33-18-12-8-16(9-13-18)23-21-7-4-14-28(21)19-5-2-3-6-20(19)30(23)22(31)15-29(17-10-11-17)25(32)24(26)27/h2-9,12-14,17,23-24H,10-11,15H2,1H3. The Kier molecular flexibility index (Phi) is 5.81. The molecule has 170 valence electrons. The number of anilines is 1. The predicted octanol–water partition coefficient (Wildman–Crippen LogP) is 4.72. The number of ether oxygens (including phenoxy) is 1. The number of alkyl halides is 2. The van der Waals surface area contributed by atoms with Gasteiger partial charge in [-0.25, -0.2) is 0 Å². The second-order valence-corrected chi connectivity index (χ2v) is 9.33. The maximum atomic E-state index is 13.9. The van der Waals surface area contributed by atoms with Crippen LogP contribution in [0.25, 0.3) is 5.69 Å². The van der Waals surface area contributed by atoms with Gasteiger partial charge in [0.15, 0.2) is 4.84 Å².